The Morgan fingerprint density at radius 3 is 2.94 bits per heavy atom. The minimum Gasteiger partial charge on any atom is -0.369 e. The summed E-state index contributed by atoms with van der Waals surface area (Å²) in [7, 11) is 1.90. The van der Waals surface area contributed by atoms with Crippen LogP contribution in [0.3, 0.4) is 0 Å². The van der Waals surface area contributed by atoms with Crippen LogP contribution in [0.15, 0.2) is 30.7 Å². The highest BCUT2D eigenvalue weighted by atomic mass is 35.5. The molecule has 0 radical (unpaired) electrons. The highest BCUT2D eigenvalue weighted by molar-refractivity contribution is 6.31. The molecule has 0 spiro atoms. The van der Waals surface area contributed by atoms with E-state index in [4.69, 9.17) is 11.6 Å². The molecule has 16 heavy (non-hydrogen) atoms. The van der Waals surface area contributed by atoms with Crippen LogP contribution in [0.4, 0.5) is 10.1 Å². The Hall–Kier alpha value is -1.55. The van der Waals surface area contributed by atoms with E-state index in [-0.39, 0.29) is 5.02 Å². The monoisotopic (exact) mass is 239 g/mol. The SMILES string of the molecule is CN(Cc1c[nH]cn1)c1ccc(F)c(Cl)c1. The first kappa shape index (κ1) is 11.0. The van der Waals surface area contributed by atoms with Gasteiger partial charge in [0.05, 0.1) is 23.6 Å². The fourth-order valence-corrected chi connectivity index (χ4v) is 1.61. The van der Waals surface area contributed by atoms with Crippen LogP contribution in [-0.2, 0) is 6.54 Å². The van der Waals surface area contributed by atoms with Crippen LogP contribution in [0.25, 0.3) is 0 Å². The van der Waals surface area contributed by atoms with E-state index in [1.54, 1.807) is 18.5 Å². The van der Waals surface area contributed by atoms with E-state index in [0.29, 0.717) is 6.54 Å². The van der Waals surface area contributed by atoms with Crippen LogP contribution in [0, 0.1) is 5.82 Å². The third kappa shape index (κ3) is 2.33. The van der Waals surface area contributed by atoms with Gasteiger partial charge in [-0.3, -0.25) is 0 Å². The van der Waals surface area contributed by atoms with Crippen molar-refractivity contribution in [2.45, 2.75) is 6.54 Å². The predicted octanol–water partition coefficient (Wildman–Crippen LogP) is 2.84. The number of rotatable bonds is 3. The summed E-state index contributed by atoms with van der Waals surface area (Å²) in [5.41, 5.74) is 1.78. The number of H-pyrrole nitrogens is 1. The number of hydrogen-bond acceptors (Lipinski definition) is 2. The van der Waals surface area contributed by atoms with Gasteiger partial charge in [-0.05, 0) is 18.2 Å². The highest BCUT2D eigenvalue weighted by Crippen LogP contribution is 2.22. The lowest BCUT2D eigenvalue weighted by atomic mass is 10.3. The maximum absolute atomic E-state index is 13.0. The lowest BCUT2D eigenvalue weighted by molar-refractivity contribution is 0.628. The van der Waals surface area contributed by atoms with Crippen LogP contribution in [0.2, 0.25) is 5.02 Å². The molecule has 0 aliphatic heterocycles. The Labute approximate surface area is 97.9 Å². The first-order chi connectivity index (χ1) is 7.66. The molecule has 84 valence electrons. The average molecular weight is 240 g/mol. The molecule has 0 unspecified atom stereocenters. The van der Waals surface area contributed by atoms with Gasteiger partial charge < -0.3 is 9.88 Å². The van der Waals surface area contributed by atoms with E-state index in [0.717, 1.165) is 11.4 Å². The summed E-state index contributed by atoms with van der Waals surface area (Å²) in [4.78, 5) is 8.95. The molecule has 0 fully saturated rings. The lowest BCUT2D eigenvalue weighted by Crippen LogP contribution is -2.16. The van der Waals surface area contributed by atoms with Crippen LogP contribution in [0.5, 0.6) is 0 Å². The van der Waals surface area contributed by atoms with E-state index in [1.807, 2.05) is 18.1 Å². The quantitative estimate of drug-likeness (QED) is 0.893. The second-order valence-corrected chi connectivity index (χ2v) is 3.92. The Morgan fingerprint density at radius 1 is 1.50 bits per heavy atom. The van der Waals surface area contributed by atoms with Crippen molar-refractivity contribution >= 4 is 17.3 Å². The molecule has 0 saturated heterocycles. The predicted molar refractivity (Wildman–Crippen MR) is 62.1 cm³/mol. The summed E-state index contributed by atoms with van der Waals surface area (Å²) in [5.74, 6) is -0.404. The topological polar surface area (TPSA) is 31.9 Å². The molecule has 1 heterocycles. The summed E-state index contributed by atoms with van der Waals surface area (Å²) in [5, 5.41) is 0.131. The molecule has 1 N–H and O–H groups in total. The lowest BCUT2D eigenvalue weighted by Gasteiger charge is -2.18. The fraction of sp³-hybridized carbons (Fsp3) is 0.182. The zero-order valence-corrected chi connectivity index (χ0v) is 9.50. The molecule has 0 bridgehead atoms. The van der Waals surface area contributed by atoms with E-state index < -0.39 is 5.82 Å². The number of hydrogen-bond donors (Lipinski definition) is 1. The van der Waals surface area contributed by atoms with Crippen molar-refractivity contribution in [3.8, 4) is 0 Å². The second-order valence-electron chi connectivity index (χ2n) is 3.52. The van der Waals surface area contributed by atoms with Gasteiger partial charge in [0.15, 0.2) is 0 Å². The second kappa shape index (κ2) is 4.53. The van der Waals surface area contributed by atoms with Gasteiger partial charge >= 0.3 is 0 Å². The largest absolute Gasteiger partial charge is 0.369 e. The molecule has 0 aliphatic carbocycles. The number of anilines is 1. The van der Waals surface area contributed by atoms with Crippen LogP contribution in [-0.4, -0.2) is 17.0 Å². The Morgan fingerprint density at radius 2 is 2.31 bits per heavy atom. The summed E-state index contributed by atoms with van der Waals surface area (Å²) in [6.07, 6.45) is 3.45. The molecule has 0 amide bonds. The standard InChI is InChI=1S/C11H11ClFN3/c1-16(6-8-5-14-7-15-8)9-2-3-11(13)10(12)4-9/h2-5,7H,6H2,1H3,(H,14,15). The number of benzene rings is 1. The van der Waals surface area contributed by atoms with Gasteiger partial charge in [-0.25, -0.2) is 9.37 Å². The van der Waals surface area contributed by atoms with Crippen molar-refractivity contribution in [1.29, 1.82) is 0 Å². The molecular formula is C11H11ClFN3. The third-order valence-electron chi connectivity index (χ3n) is 2.30. The molecule has 0 saturated carbocycles. The van der Waals surface area contributed by atoms with E-state index in [2.05, 4.69) is 9.97 Å². The van der Waals surface area contributed by atoms with Gasteiger partial charge in [-0.2, -0.15) is 0 Å². The van der Waals surface area contributed by atoms with Gasteiger partial charge in [0.1, 0.15) is 5.82 Å². The van der Waals surface area contributed by atoms with E-state index >= 15 is 0 Å². The van der Waals surface area contributed by atoms with Crippen molar-refractivity contribution in [3.63, 3.8) is 0 Å². The molecule has 0 atom stereocenters. The van der Waals surface area contributed by atoms with Crippen LogP contribution >= 0.6 is 11.6 Å². The minimum atomic E-state index is -0.404. The number of halogens is 2. The summed E-state index contributed by atoms with van der Waals surface area (Å²) in [6, 6.07) is 4.65. The van der Waals surface area contributed by atoms with Crippen molar-refractivity contribution in [2.24, 2.45) is 0 Å². The first-order valence-electron chi connectivity index (χ1n) is 4.80. The molecule has 3 nitrogen and oxygen atoms in total. The molecule has 2 rings (SSSR count). The molecular weight excluding hydrogens is 229 g/mol. The van der Waals surface area contributed by atoms with Gasteiger partial charge in [0, 0.05) is 18.9 Å². The Kier molecular flexibility index (Phi) is 3.10. The molecule has 0 aliphatic rings. The first-order valence-corrected chi connectivity index (χ1v) is 5.18. The number of imidazole rings is 1. The summed E-state index contributed by atoms with van der Waals surface area (Å²) < 4.78 is 13.0. The number of aromatic amines is 1. The molecule has 1 aromatic heterocycles. The summed E-state index contributed by atoms with van der Waals surface area (Å²) in [6.45, 7) is 0.644. The number of nitrogens with zero attached hydrogens (tertiary/aromatic N) is 2. The highest BCUT2D eigenvalue weighted by Gasteiger charge is 2.06. The Balaban J connectivity index is 2.14. The van der Waals surface area contributed by atoms with Crippen molar-refractivity contribution in [1.82, 2.24) is 9.97 Å². The maximum atomic E-state index is 13.0. The molecule has 2 aromatic rings. The Bertz CT molecular complexity index is 470. The average Bonchev–Trinajstić information content (AvgIpc) is 2.74. The van der Waals surface area contributed by atoms with Crippen molar-refractivity contribution < 1.29 is 4.39 Å². The zero-order valence-electron chi connectivity index (χ0n) is 8.74. The van der Waals surface area contributed by atoms with Crippen molar-refractivity contribution in [3.05, 3.63) is 47.3 Å². The molecule has 5 heteroatoms. The third-order valence-corrected chi connectivity index (χ3v) is 2.59. The number of aromatic nitrogens is 2. The van der Waals surface area contributed by atoms with Gasteiger partial charge in [0.25, 0.3) is 0 Å². The van der Waals surface area contributed by atoms with Gasteiger partial charge in [-0.15, -0.1) is 0 Å². The normalized spacial score (nSPS) is 10.4. The van der Waals surface area contributed by atoms with Crippen LogP contribution < -0.4 is 4.90 Å². The minimum absolute atomic E-state index is 0.131. The van der Waals surface area contributed by atoms with E-state index in [9.17, 15) is 4.39 Å². The maximum Gasteiger partial charge on any atom is 0.141 e. The molecule has 1 aromatic carbocycles. The van der Waals surface area contributed by atoms with E-state index in [1.165, 1.54) is 6.07 Å². The van der Waals surface area contributed by atoms with Gasteiger partial charge in [-0.1, -0.05) is 11.6 Å². The zero-order chi connectivity index (χ0) is 11.5. The summed E-state index contributed by atoms with van der Waals surface area (Å²) >= 11 is 5.72. The fourth-order valence-electron chi connectivity index (χ4n) is 1.43. The smallest absolute Gasteiger partial charge is 0.141 e. The van der Waals surface area contributed by atoms with Gasteiger partial charge in [0.2, 0.25) is 0 Å². The van der Waals surface area contributed by atoms with Crippen LogP contribution in [0.1, 0.15) is 5.69 Å². The van der Waals surface area contributed by atoms with Crippen molar-refractivity contribution in [2.75, 3.05) is 11.9 Å². The number of nitrogens with one attached hydrogen (secondary N) is 1.